The summed E-state index contributed by atoms with van der Waals surface area (Å²) in [6.07, 6.45) is -1.81. The van der Waals surface area contributed by atoms with Gasteiger partial charge in [-0.1, -0.05) is 0 Å². The minimum absolute atomic E-state index is 0.00611. The van der Waals surface area contributed by atoms with Gasteiger partial charge >= 0.3 is 0 Å². The second-order valence-electron chi connectivity index (χ2n) is 4.61. The predicted octanol–water partition coefficient (Wildman–Crippen LogP) is -2.57. The number of fused-ring (bicyclic) bond motifs is 1. The van der Waals surface area contributed by atoms with Crippen LogP contribution in [0.3, 0.4) is 0 Å². The molecule has 0 bridgehead atoms. The number of aromatic nitrogens is 4. The molecule has 2 aromatic rings. The van der Waals surface area contributed by atoms with E-state index >= 15 is 0 Å². The lowest BCUT2D eigenvalue weighted by atomic mass is 10.0. The number of nitrogens with two attached hydrogens (primary N) is 2. The van der Waals surface area contributed by atoms with Gasteiger partial charge in [0.05, 0.1) is 18.1 Å². The molecule has 3 heterocycles. The number of aliphatic hydroxyl groups excluding tert-OH is 2. The maximum absolute atomic E-state index is 9.77. The quantitative estimate of drug-likeness (QED) is 0.438. The molecule has 0 spiro atoms. The van der Waals surface area contributed by atoms with Crippen LogP contribution in [0.1, 0.15) is 12.6 Å². The summed E-state index contributed by atoms with van der Waals surface area (Å²) in [5.41, 5.74) is 11.8. The van der Waals surface area contributed by atoms with E-state index in [4.69, 9.17) is 29.2 Å². The maximum Gasteiger partial charge on any atom is 0.224 e. The Morgan fingerprint density at radius 2 is 2.15 bits per heavy atom. The minimum atomic E-state index is -0.790. The van der Waals surface area contributed by atoms with Crippen molar-refractivity contribution in [2.45, 2.75) is 24.9 Å². The summed E-state index contributed by atoms with van der Waals surface area (Å²) in [4.78, 5) is 7.89. The van der Waals surface area contributed by atoms with Crippen LogP contribution in [0.2, 0.25) is 0 Å². The van der Waals surface area contributed by atoms with Crippen molar-refractivity contribution in [3.05, 3.63) is 0 Å². The summed E-state index contributed by atoms with van der Waals surface area (Å²) in [5.74, 6) is 0.127. The summed E-state index contributed by atoms with van der Waals surface area (Å²) in [6.45, 7) is -0.286. The first-order chi connectivity index (χ1) is 9.51. The van der Waals surface area contributed by atoms with Gasteiger partial charge in [0.1, 0.15) is 19.8 Å². The van der Waals surface area contributed by atoms with E-state index in [-0.39, 0.29) is 30.4 Å². The molecule has 0 saturated carbocycles. The molecule has 2 aromatic heterocycles. The van der Waals surface area contributed by atoms with E-state index in [9.17, 15) is 5.11 Å². The van der Waals surface area contributed by atoms with E-state index in [1.54, 1.807) is 0 Å². The van der Waals surface area contributed by atoms with Crippen LogP contribution in [0, 0.1) is 0 Å². The minimum Gasteiger partial charge on any atom is -0.394 e. The number of hydrogen-bond donors (Lipinski definition) is 4. The van der Waals surface area contributed by atoms with Crippen molar-refractivity contribution in [2.75, 3.05) is 18.1 Å². The van der Waals surface area contributed by atoms with Crippen LogP contribution in [-0.4, -0.2) is 56.6 Å². The number of ether oxygens (including phenoxy) is 1. The molecule has 20 heavy (non-hydrogen) atoms. The van der Waals surface area contributed by atoms with Gasteiger partial charge in [0.2, 0.25) is 5.95 Å². The van der Waals surface area contributed by atoms with Crippen LogP contribution in [-0.2, 0) is 4.74 Å². The lowest BCUT2D eigenvalue weighted by Crippen LogP contribution is -2.24. The van der Waals surface area contributed by atoms with Crippen LogP contribution in [0.25, 0.3) is 11.0 Å². The Morgan fingerprint density at radius 3 is 2.80 bits per heavy atom. The fourth-order valence-corrected chi connectivity index (χ4v) is 2.34. The molecule has 10 heteroatoms. The van der Waals surface area contributed by atoms with Crippen molar-refractivity contribution in [1.82, 2.24) is 19.7 Å². The molecular weight excluding hydrogens is 263 g/mol. The van der Waals surface area contributed by atoms with E-state index in [0.29, 0.717) is 11.0 Å². The van der Waals surface area contributed by atoms with E-state index in [1.807, 2.05) is 0 Å². The Hall–Kier alpha value is -1.91. The number of hydrogen-bond acceptors (Lipinski definition) is 8. The Kier molecular flexibility index (Phi) is 3.00. The van der Waals surface area contributed by atoms with Crippen molar-refractivity contribution in [3.63, 3.8) is 0 Å². The average Bonchev–Trinajstić information content (AvgIpc) is 2.90. The second kappa shape index (κ2) is 4.58. The molecule has 1 fully saturated rings. The van der Waals surface area contributed by atoms with Crippen LogP contribution in [0.4, 0.5) is 11.8 Å². The molecule has 1 unspecified atom stereocenters. The SMILES string of the molecule is [B]c1nn([C@H]2CC(O)[C@@H](CO)O2)c2nc(N)nc(N)c12. The van der Waals surface area contributed by atoms with Crippen LogP contribution < -0.4 is 17.1 Å². The molecule has 1 aliphatic heterocycles. The third kappa shape index (κ3) is 1.89. The zero-order valence-corrected chi connectivity index (χ0v) is 10.5. The zero-order chi connectivity index (χ0) is 14.4. The molecule has 9 nitrogen and oxygen atoms in total. The van der Waals surface area contributed by atoms with Crippen molar-refractivity contribution in [2.24, 2.45) is 0 Å². The summed E-state index contributed by atoms with van der Waals surface area (Å²) < 4.78 is 6.91. The standard InChI is InChI=1S/C10H13BN6O3/c11-7-6-8(12)14-10(13)15-9(6)17(16-7)5-1-3(19)4(2-18)20-5/h3-5,18-19H,1-2H2,(H4,12,13,14,15)/t3?,4-,5-/m1/s1. The highest BCUT2D eigenvalue weighted by Gasteiger charge is 2.36. The number of aliphatic hydroxyl groups is 2. The van der Waals surface area contributed by atoms with E-state index in [1.165, 1.54) is 4.68 Å². The first-order valence-electron chi connectivity index (χ1n) is 6.02. The molecule has 6 N–H and O–H groups in total. The van der Waals surface area contributed by atoms with Gasteiger partial charge in [-0.25, -0.2) is 4.68 Å². The Morgan fingerprint density at radius 1 is 1.40 bits per heavy atom. The summed E-state index contributed by atoms with van der Waals surface area (Å²) in [6, 6.07) is 0. The maximum atomic E-state index is 9.77. The topological polar surface area (TPSA) is 145 Å². The molecule has 0 aromatic carbocycles. The smallest absolute Gasteiger partial charge is 0.224 e. The molecule has 0 aliphatic carbocycles. The second-order valence-corrected chi connectivity index (χ2v) is 4.61. The van der Waals surface area contributed by atoms with E-state index < -0.39 is 18.4 Å². The highest BCUT2D eigenvalue weighted by atomic mass is 16.5. The van der Waals surface area contributed by atoms with Crippen molar-refractivity contribution in [3.8, 4) is 0 Å². The summed E-state index contributed by atoms with van der Waals surface area (Å²) in [7, 11) is 5.80. The molecule has 3 atom stereocenters. The third-order valence-electron chi connectivity index (χ3n) is 3.28. The molecule has 1 aliphatic rings. The lowest BCUT2D eigenvalue weighted by molar-refractivity contribution is -0.0469. The van der Waals surface area contributed by atoms with E-state index in [0.717, 1.165) is 0 Å². The Balaban J connectivity index is 2.09. The largest absolute Gasteiger partial charge is 0.394 e. The first kappa shape index (κ1) is 13.1. The average molecular weight is 276 g/mol. The normalized spacial score (nSPS) is 26.4. The fourth-order valence-electron chi connectivity index (χ4n) is 2.34. The fraction of sp³-hybridized carbons (Fsp3) is 0.500. The van der Waals surface area contributed by atoms with Gasteiger partial charge in [0.25, 0.3) is 0 Å². The van der Waals surface area contributed by atoms with E-state index in [2.05, 4.69) is 15.1 Å². The van der Waals surface area contributed by atoms with Gasteiger partial charge in [-0.2, -0.15) is 15.1 Å². The molecule has 1 saturated heterocycles. The van der Waals surface area contributed by atoms with Gasteiger partial charge in [-0.15, -0.1) is 0 Å². The van der Waals surface area contributed by atoms with Gasteiger partial charge in [0.15, 0.2) is 11.9 Å². The zero-order valence-electron chi connectivity index (χ0n) is 10.5. The van der Waals surface area contributed by atoms with Gasteiger partial charge in [-0.05, 0) is 0 Å². The predicted molar refractivity (Wildman–Crippen MR) is 71.2 cm³/mol. The highest BCUT2D eigenvalue weighted by molar-refractivity contribution is 6.38. The van der Waals surface area contributed by atoms with Gasteiger partial charge in [0, 0.05) is 12.0 Å². The summed E-state index contributed by atoms with van der Waals surface area (Å²) >= 11 is 0. The van der Waals surface area contributed by atoms with Crippen molar-refractivity contribution in [1.29, 1.82) is 0 Å². The molecule has 2 radical (unpaired) electrons. The monoisotopic (exact) mass is 276 g/mol. The Labute approximate surface area is 115 Å². The van der Waals surface area contributed by atoms with Crippen LogP contribution >= 0.6 is 0 Å². The molecular formula is C10H13BN6O3. The van der Waals surface area contributed by atoms with Crippen molar-refractivity contribution >= 4 is 36.2 Å². The van der Waals surface area contributed by atoms with Gasteiger partial charge < -0.3 is 26.4 Å². The molecule has 3 rings (SSSR count). The van der Waals surface area contributed by atoms with Gasteiger partial charge in [-0.3, -0.25) is 0 Å². The molecule has 104 valence electrons. The van der Waals surface area contributed by atoms with Crippen LogP contribution in [0.15, 0.2) is 0 Å². The summed E-state index contributed by atoms with van der Waals surface area (Å²) in [5, 5.41) is 23.4. The highest BCUT2D eigenvalue weighted by Crippen LogP contribution is 2.30. The number of nitrogen functional groups attached to an aromatic ring is 2. The number of rotatable bonds is 2. The Bertz CT molecular complexity index is 662. The number of anilines is 2. The van der Waals surface area contributed by atoms with Crippen molar-refractivity contribution < 1.29 is 14.9 Å². The molecule has 0 amide bonds. The van der Waals surface area contributed by atoms with Crippen LogP contribution in [0.5, 0.6) is 0 Å². The first-order valence-corrected chi connectivity index (χ1v) is 6.02. The number of nitrogens with zero attached hydrogens (tertiary/aromatic N) is 4. The lowest BCUT2D eigenvalue weighted by Gasteiger charge is -2.13. The third-order valence-corrected chi connectivity index (χ3v) is 3.28.